The van der Waals surface area contributed by atoms with Crippen molar-refractivity contribution in [2.75, 3.05) is 18.6 Å². The molecule has 1 heterocycles. The zero-order valence-electron chi connectivity index (χ0n) is 11.6. The number of hydrogen-bond donors (Lipinski definition) is 1. The third-order valence-corrected chi connectivity index (χ3v) is 4.38. The Labute approximate surface area is 121 Å². The van der Waals surface area contributed by atoms with Gasteiger partial charge < -0.3 is 4.90 Å². The van der Waals surface area contributed by atoms with Crippen LogP contribution in [0.25, 0.3) is 0 Å². The summed E-state index contributed by atoms with van der Waals surface area (Å²) < 4.78 is 49.6. The van der Waals surface area contributed by atoms with E-state index in [0.717, 1.165) is 18.4 Å². The molecule has 5 nitrogen and oxygen atoms in total. The second-order valence-electron chi connectivity index (χ2n) is 5.19. The van der Waals surface area contributed by atoms with E-state index >= 15 is 0 Å². The lowest BCUT2D eigenvalue weighted by molar-refractivity contribution is -0.129. The summed E-state index contributed by atoms with van der Waals surface area (Å²) in [6.07, 6.45) is 0.278. The van der Waals surface area contributed by atoms with E-state index in [1.807, 2.05) is 0 Å². The van der Waals surface area contributed by atoms with Gasteiger partial charge in [0.2, 0.25) is 5.91 Å². The van der Waals surface area contributed by atoms with Gasteiger partial charge in [-0.2, -0.15) is 0 Å². The average Bonchev–Trinajstić information content (AvgIpc) is 2.68. The molecule has 1 amide bonds. The topological polar surface area (TPSA) is 66.5 Å². The molecule has 0 bridgehead atoms. The molecule has 2 unspecified atom stereocenters. The fourth-order valence-electron chi connectivity index (χ4n) is 2.52. The number of hydrogen-bond acceptors (Lipinski definition) is 4. The molecule has 0 saturated carbocycles. The van der Waals surface area contributed by atoms with Crippen molar-refractivity contribution >= 4 is 15.7 Å². The summed E-state index contributed by atoms with van der Waals surface area (Å²) in [4.78, 5) is 13.2. The van der Waals surface area contributed by atoms with Crippen molar-refractivity contribution in [2.24, 2.45) is 0 Å². The van der Waals surface area contributed by atoms with Crippen molar-refractivity contribution < 1.29 is 22.0 Å². The first-order chi connectivity index (χ1) is 9.69. The van der Waals surface area contributed by atoms with Crippen molar-refractivity contribution in [1.29, 1.82) is 0 Å². The molecule has 21 heavy (non-hydrogen) atoms. The molecule has 1 aliphatic rings. The van der Waals surface area contributed by atoms with Crippen molar-refractivity contribution in [3.05, 3.63) is 35.4 Å². The average molecular weight is 318 g/mol. The number of nitrogens with one attached hydrogen (secondary N) is 1. The van der Waals surface area contributed by atoms with Crippen LogP contribution in [0.1, 0.15) is 18.7 Å². The SMILES string of the molecule is CC(CS(C)(=O)=O)N1C(=O)CNC1c1ccc(F)cc1F. The van der Waals surface area contributed by atoms with Gasteiger partial charge in [-0.15, -0.1) is 0 Å². The summed E-state index contributed by atoms with van der Waals surface area (Å²) in [5, 5.41) is 2.82. The number of amides is 1. The molecule has 1 aromatic rings. The van der Waals surface area contributed by atoms with Gasteiger partial charge >= 0.3 is 0 Å². The highest BCUT2D eigenvalue weighted by Gasteiger charge is 2.37. The van der Waals surface area contributed by atoms with Gasteiger partial charge in [-0.05, 0) is 19.1 Å². The second kappa shape index (κ2) is 5.69. The minimum absolute atomic E-state index is 0.0183. The van der Waals surface area contributed by atoms with E-state index in [0.29, 0.717) is 0 Å². The Morgan fingerprint density at radius 1 is 1.43 bits per heavy atom. The Kier molecular flexibility index (Phi) is 4.29. The minimum Gasteiger partial charge on any atom is -0.318 e. The second-order valence-corrected chi connectivity index (χ2v) is 7.38. The number of benzene rings is 1. The van der Waals surface area contributed by atoms with Crippen LogP contribution in [0.4, 0.5) is 8.78 Å². The summed E-state index contributed by atoms with van der Waals surface area (Å²) >= 11 is 0. The standard InChI is InChI=1S/C13H16F2N2O3S/c1-8(7-21(2,19)20)17-12(18)6-16-13(17)10-4-3-9(14)5-11(10)15/h3-5,8,13,16H,6-7H2,1-2H3. The van der Waals surface area contributed by atoms with Gasteiger partial charge in [0.15, 0.2) is 0 Å². The van der Waals surface area contributed by atoms with Gasteiger partial charge in [-0.3, -0.25) is 10.1 Å². The van der Waals surface area contributed by atoms with Crippen LogP contribution in [0.5, 0.6) is 0 Å². The molecule has 1 fully saturated rings. The maximum Gasteiger partial charge on any atom is 0.238 e. The predicted octanol–water partition coefficient (Wildman–Crippen LogP) is 0.828. The van der Waals surface area contributed by atoms with Crippen LogP contribution in [-0.2, 0) is 14.6 Å². The molecule has 2 atom stereocenters. The van der Waals surface area contributed by atoms with Crippen LogP contribution in [0.2, 0.25) is 0 Å². The Bertz CT molecular complexity index is 663. The molecular formula is C13H16F2N2O3S. The largest absolute Gasteiger partial charge is 0.318 e. The van der Waals surface area contributed by atoms with E-state index in [4.69, 9.17) is 0 Å². The van der Waals surface area contributed by atoms with E-state index in [-0.39, 0.29) is 23.8 Å². The maximum absolute atomic E-state index is 13.9. The Hall–Kier alpha value is -1.54. The summed E-state index contributed by atoms with van der Waals surface area (Å²) in [7, 11) is -3.28. The lowest BCUT2D eigenvalue weighted by atomic mass is 10.1. The highest BCUT2D eigenvalue weighted by Crippen LogP contribution is 2.27. The Morgan fingerprint density at radius 3 is 2.67 bits per heavy atom. The van der Waals surface area contributed by atoms with Gasteiger partial charge in [-0.25, -0.2) is 17.2 Å². The maximum atomic E-state index is 13.9. The molecule has 1 aliphatic heterocycles. The fraction of sp³-hybridized carbons (Fsp3) is 0.462. The lowest BCUT2D eigenvalue weighted by Gasteiger charge is -2.30. The number of carbonyl (C=O) groups is 1. The highest BCUT2D eigenvalue weighted by molar-refractivity contribution is 7.90. The van der Waals surface area contributed by atoms with Crippen molar-refractivity contribution in [2.45, 2.75) is 19.1 Å². The molecule has 1 N–H and O–H groups in total. The van der Waals surface area contributed by atoms with Gasteiger partial charge in [-0.1, -0.05) is 0 Å². The molecule has 116 valence electrons. The summed E-state index contributed by atoms with van der Waals surface area (Å²) in [6, 6.07) is 2.47. The molecule has 0 aliphatic carbocycles. The van der Waals surface area contributed by atoms with Crippen molar-refractivity contribution in [3.8, 4) is 0 Å². The van der Waals surface area contributed by atoms with Crippen LogP contribution in [0.3, 0.4) is 0 Å². The summed E-state index contributed by atoms with van der Waals surface area (Å²) in [6.45, 7) is 1.57. The monoisotopic (exact) mass is 318 g/mol. The van der Waals surface area contributed by atoms with Crippen molar-refractivity contribution in [3.63, 3.8) is 0 Å². The number of rotatable bonds is 4. The smallest absolute Gasteiger partial charge is 0.238 e. The van der Waals surface area contributed by atoms with Crippen LogP contribution >= 0.6 is 0 Å². The van der Waals surface area contributed by atoms with E-state index < -0.39 is 33.7 Å². The molecular weight excluding hydrogens is 302 g/mol. The van der Waals surface area contributed by atoms with Crippen molar-refractivity contribution in [1.82, 2.24) is 10.2 Å². The lowest BCUT2D eigenvalue weighted by Crippen LogP contribution is -2.41. The first-order valence-electron chi connectivity index (χ1n) is 6.36. The number of sulfone groups is 1. The third-order valence-electron chi connectivity index (χ3n) is 3.29. The summed E-state index contributed by atoms with van der Waals surface area (Å²) in [5.74, 6) is -2.03. The molecule has 0 radical (unpaired) electrons. The molecule has 0 spiro atoms. The van der Waals surface area contributed by atoms with Gasteiger partial charge in [0.05, 0.1) is 12.3 Å². The van der Waals surface area contributed by atoms with E-state index in [2.05, 4.69) is 5.32 Å². The third kappa shape index (κ3) is 3.56. The Morgan fingerprint density at radius 2 is 2.10 bits per heavy atom. The van der Waals surface area contributed by atoms with Crippen LogP contribution in [0, 0.1) is 11.6 Å². The van der Waals surface area contributed by atoms with Gasteiger partial charge in [0, 0.05) is 23.9 Å². The fourth-order valence-corrected chi connectivity index (χ4v) is 3.56. The highest BCUT2D eigenvalue weighted by atomic mass is 32.2. The Balaban J connectivity index is 2.32. The molecule has 8 heteroatoms. The van der Waals surface area contributed by atoms with Crippen LogP contribution in [0.15, 0.2) is 18.2 Å². The molecule has 2 rings (SSSR count). The number of nitrogens with zero attached hydrogens (tertiary/aromatic N) is 1. The quantitative estimate of drug-likeness (QED) is 0.893. The molecule has 1 saturated heterocycles. The first kappa shape index (κ1) is 15.8. The van der Waals surface area contributed by atoms with Crippen LogP contribution in [-0.4, -0.2) is 43.8 Å². The van der Waals surface area contributed by atoms with E-state index in [9.17, 15) is 22.0 Å². The normalized spacial score (nSPS) is 20.9. The minimum atomic E-state index is -3.28. The van der Waals surface area contributed by atoms with Gasteiger partial charge in [0.1, 0.15) is 27.6 Å². The van der Waals surface area contributed by atoms with Crippen LogP contribution < -0.4 is 5.32 Å². The molecule has 1 aromatic carbocycles. The summed E-state index contributed by atoms with van der Waals surface area (Å²) in [5.41, 5.74) is 0.114. The van der Waals surface area contributed by atoms with E-state index in [1.165, 1.54) is 11.0 Å². The molecule has 0 aromatic heterocycles. The predicted molar refractivity (Wildman–Crippen MR) is 73.1 cm³/mol. The van der Waals surface area contributed by atoms with E-state index in [1.54, 1.807) is 6.92 Å². The zero-order valence-corrected chi connectivity index (χ0v) is 12.5. The zero-order chi connectivity index (χ0) is 15.8. The van der Waals surface area contributed by atoms with Gasteiger partial charge in [0.25, 0.3) is 0 Å². The number of halogens is 2. The number of carbonyl (C=O) groups excluding carboxylic acids is 1. The first-order valence-corrected chi connectivity index (χ1v) is 8.42.